The number of anilines is 6. The zero-order valence-corrected chi connectivity index (χ0v) is 69.2. The predicted octanol–water partition coefficient (Wildman–Crippen LogP) is 15.4. The molecule has 13 rings (SSSR count). The van der Waals surface area contributed by atoms with Gasteiger partial charge in [-0.1, -0.05) is 0 Å². The summed E-state index contributed by atoms with van der Waals surface area (Å²) in [4.78, 5) is 90.6. The van der Waals surface area contributed by atoms with Gasteiger partial charge in [-0.25, -0.2) is 37.5 Å². The second-order valence-corrected chi connectivity index (χ2v) is 29.2. The van der Waals surface area contributed by atoms with E-state index in [0.717, 1.165) is 25.0 Å². The number of carboxylic acid groups (broad SMARTS) is 2. The van der Waals surface area contributed by atoms with Gasteiger partial charge in [0, 0.05) is 167 Å². The summed E-state index contributed by atoms with van der Waals surface area (Å²) in [6, 6.07) is 20.7. The molecule has 3 amide bonds. The molecule has 628 valence electrons. The van der Waals surface area contributed by atoms with Gasteiger partial charge in [-0.2, -0.15) is 0 Å². The Morgan fingerprint density at radius 2 is 0.879 bits per heavy atom. The van der Waals surface area contributed by atoms with E-state index < -0.39 is 89.4 Å². The average molecular weight is 1910 g/mol. The number of carbonyl (C=O) groups excluding carboxylic acids is 3. The van der Waals surface area contributed by atoms with Crippen LogP contribution in [-0.2, 0) is 39.3 Å². The first-order chi connectivity index (χ1) is 54.0. The molecule has 26 nitrogen and oxygen atoms in total. The van der Waals surface area contributed by atoms with Crippen LogP contribution < -0.4 is 55.6 Å². The molecule has 5 fully saturated rings. The van der Waals surface area contributed by atoms with Crippen LogP contribution in [0.25, 0.3) is 11.3 Å². The minimum atomic E-state index is -3.83. The molecule has 5 saturated heterocycles. The van der Waals surface area contributed by atoms with Gasteiger partial charge in [0.15, 0.2) is 0 Å². The number of halogens is 15. The van der Waals surface area contributed by atoms with E-state index in [1.807, 2.05) is 42.4 Å². The minimum absolute atomic E-state index is 0. The van der Waals surface area contributed by atoms with Gasteiger partial charge in [-0.15, -0.1) is 26.3 Å². The number of nitrogens with zero attached hydrogens (tertiary/aromatic N) is 10. The van der Waals surface area contributed by atoms with Crippen LogP contribution in [0.3, 0.4) is 0 Å². The maximum Gasteiger partial charge on any atom is 0.498 e. The van der Waals surface area contributed by atoms with Crippen molar-refractivity contribution >= 4 is 143 Å². The number of ether oxygens (including phenoxy) is 3. The molecular formula is C73H76BBr2Cl3F10N14O12Pd. The van der Waals surface area contributed by atoms with Gasteiger partial charge in [-0.3, -0.25) is 38.9 Å². The van der Waals surface area contributed by atoms with E-state index in [-0.39, 0.29) is 74.0 Å². The molecule has 0 unspecified atom stereocenters. The molecule has 8 aromatic rings. The molecule has 5 aromatic heterocycles. The Morgan fingerprint density at radius 1 is 0.517 bits per heavy atom. The van der Waals surface area contributed by atoms with Gasteiger partial charge in [0.25, 0.3) is 29.7 Å². The number of aromatic nitrogens is 7. The summed E-state index contributed by atoms with van der Waals surface area (Å²) < 4.78 is 156. The van der Waals surface area contributed by atoms with Crippen molar-refractivity contribution < 1.29 is 122 Å². The van der Waals surface area contributed by atoms with Crippen LogP contribution in [0.4, 0.5) is 78.4 Å². The van der Waals surface area contributed by atoms with Gasteiger partial charge in [-0.05, 0) is 183 Å². The molecular weight excluding hydrogens is 1840 g/mol. The second-order valence-electron chi connectivity index (χ2n) is 26.2. The number of amides is 3. The number of aliphatic carboxylic acids is 2. The number of benzene rings is 3. The second kappa shape index (κ2) is 44.1. The molecule has 0 saturated carbocycles. The van der Waals surface area contributed by atoms with E-state index in [4.69, 9.17) is 63.9 Å². The number of carbonyl (C=O) groups is 5. The number of rotatable bonds is 17. The van der Waals surface area contributed by atoms with Gasteiger partial charge in [0.2, 0.25) is 0 Å². The topological polar surface area (TPSA) is 320 Å². The van der Waals surface area contributed by atoms with Gasteiger partial charge in [0.1, 0.15) is 64.0 Å². The van der Waals surface area contributed by atoms with E-state index in [1.54, 1.807) is 36.8 Å². The average Bonchev–Trinajstić information content (AvgIpc) is 1.61. The van der Waals surface area contributed by atoms with Crippen molar-refractivity contribution in [2.24, 2.45) is 0 Å². The number of nitrogens with one attached hydrogen (secondary N) is 4. The smallest absolute Gasteiger partial charge is 0.481 e. The van der Waals surface area contributed by atoms with E-state index in [0.29, 0.717) is 108 Å². The van der Waals surface area contributed by atoms with Crippen LogP contribution >= 0.6 is 66.7 Å². The Hall–Kier alpha value is -8.84. The van der Waals surface area contributed by atoms with Crippen molar-refractivity contribution in [3.63, 3.8) is 0 Å². The molecule has 3 aromatic carbocycles. The van der Waals surface area contributed by atoms with E-state index in [2.05, 4.69) is 102 Å². The predicted molar refractivity (Wildman–Crippen MR) is 419 cm³/mol. The summed E-state index contributed by atoms with van der Waals surface area (Å²) in [6.07, 6.45) is 12.3. The molecule has 43 heteroatoms. The molecule has 0 radical (unpaired) electrons. The first kappa shape index (κ1) is 96.0. The fraction of sp³-hybridized carbons (Fsp3) is 0.370. The number of hydrogen-bond acceptors (Lipinski definition) is 21. The Labute approximate surface area is 704 Å². The summed E-state index contributed by atoms with van der Waals surface area (Å²) in [5, 5.41) is 25.7. The molecule has 4 atom stereocenters. The zero-order chi connectivity index (χ0) is 84.6. The largest absolute Gasteiger partial charge is 0.498 e. The summed E-state index contributed by atoms with van der Waals surface area (Å²) in [5.41, 5.74) is -9.31. The Bertz CT molecular complexity index is 4490. The Kier molecular flexibility index (Phi) is 36.5. The fourth-order valence-corrected chi connectivity index (χ4v) is 11.8. The number of pyridine rings is 3. The standard InChI is InChI=1S/C23H26BClF3N3O4.C21H17ClF3N5O2.C17H14BrClF3N3O2.C4H3BrN2.C4H8FN.2C2H4O2.Pd/c1-21(2)22(3,4)35-24(34-21)18-11-14(12-29-19(18)31-10-9-15(26)13-31)20(32)30-16-5-7-17(8-6-16)33-23(25,27)28;22-21(24,25)32-16-3-1-15(2-4-16)29-20(31)13-9-17(18-11-26-6-7-27-18)19(28-10-13)30-8-5-14(23)12-30;18-14-7-10(8-23-15(14)25-6-5-11(20)9-25)16(26)24-12-1-3-13(4-2-12)27-17(19,21)22;5-4-3-6-1-2-7-4;5-4-1-2-6-3-4;2*1-2(3)4;/h5-8,11-12,15H,9-10,13H2,1-4H3,(H,30,32);1-4,6-7,9-11,14H,5,8,12H2,(H,29,31);1-4,7-8,11H,5-6,9H2,(H,24,26);1-3H;4,6H,1-3H2;2*1H3,(H,3,4);/t15-;14-;11-;;4-;;;/m111.1.../s1. The quantitative estimate of drug-likeness (QED) is 0.0280. The summed E-state index contributed by atoms with van der Waals surface area (Å²) in [6.45, 7) is 13.5. The van der Waals surface area contributed by atoms with Crippen LogP contribution in [0.1, 0.15) is 98.3 Å². The molecule has 6 N–H and O–H groups in total. The third kappa shape index (κ3) is 32.2. The minimum Gasteiger partial charge on any atom is -0.481 e. The molecule has 0 aliphatic carbocycles. The van der Waals surface area contributed by atoms with Crippen molar-refractivity contribution in [1.82, 2.24) is 40.2 Å². The van der Waals surface area contributed by atoms with Crippen LogP contribution in [0.15, 0.2) is 156 Å². The van der Waals surface area contributed by atoms with E-state index in [1.165, 1.54) is 110 Å². The van der Waals surface area contributed by atoms with Crippen molar-refractivity contribution in [3.8, 4) is 28.5 Å². The Morgan fingerprint density at radius 3 is 1.19 bits per heavy atom. The fourth-order valence-electron chi connectivity index (χ4n) is 10.7. The number of carboxylic acids is 2. The Balaban J connectivity index is 0.000000239. The van der Waals surface area contributed by atoms with Crippen molar-refractivity contribution in [2.45, 2.75) is 120 Å². The van der Waals surface area contributed by atoms with E-state index in [9.17, 15) is 58.3 Å². The van der Waals surface area contributed by atoms with Gasteiger partial charge >= 0.3 is 23.8 Å². The SMILES string of the molecule is Brc1cnccn1.CC(=O)O.CC(=O)O.CC1(C)OB(c2cc(C(=O)Nc3ccc(OC(F)(F)Cl)cc3)cnc2N2CC[C@@H](F)C2)OC1(C)C.F[C@@H]1CCNC1.O=C(Nc1ccc(OC(F)(F)Cl)cc1)c1cnc(N2CC[C@@H](F)C2)c(-c2cnccn2)c1.O=C(Nc1ccc(OC(F)(F)Cl)cc1)c1cnc(N2CC[C@@H](F)C2)c(Br)c1.[Pd]. The maximum atomic E-state index is 13.9. The summed E-state index contributed by atoms with van der Waals surface area (Å²) in [5.74, 6) is -1.91. The summed E-state index contributed by atoms with van der Waals surface area (Å²) in [7, 11) is -0.803. The third-order valence-electron chi connectivity index (χ3n) is 16.6. The van der Waals surface area contributed by atoms with Gasteiger partial charge in [0.05, 0.1) is 70.1 Å². The molecule has 5 aliphatic rings. The van der Waals surface area contributed by atoms with Crippen LogP contribution in [0.5, 0.6) is 17.2 Å². The van der Waals surface area contributed by atoms with Gasteiger partial charge < -0.3 is 69.7 Å². The third-order valence-corrected chi connectivity index (χ3v) is 17.8. The number of hydrogen-bond donors (Lipinski definition) is 6. The zero-order valence-electron chi connectivity index (χ0n) is 62.2. The molecule has 5 aliphatic heterocycles. The first-order valence-electron chi connectivity index (χ1n) is 34.6. The normalized spacial score (nSPS) is 17.6. The molecule has 116 heavy (non-hydrogen) atoms. The van der Waals surface area contributed by atoms with Crippen molar-refractivity contribution in [1.29, 1.82) is 0 Å². The maximum absolute atomic E-state index is 13.9. The first-order valence-corrected chi connectivity index (χ1v) is 37.3. The van der Waals surface area contributed by atoms with Crippen LogP contribution in [0.2, 0.25) is 0 Å². The van der Waals surface area contributed by atoms with Crippen LogP contribution in [0, 0.1) is 0 Å². The van der Waals surface area contributed by atoms with Crippen molar-refractivity contribution in [2.75, 3.05) is 83.0 Å². The molecule has 10 heterocycles. The molecule has 0 spiro atoms. The van der Waals surface area contributed by atoms with E-state index >= 15 is 0 Å². The molecule has 0 bridgehead atoms. The summed E-state index contributed by atoms with van der Waals surface area (Å²) >= 11 is 20.7. The van der Waals surface area contributed by atoms with Crippen LogP contribution in [-0.4, -0.2) is 187 Å². The monoisotopic (exact) mass is 1910 g/mol. The number of alkyl halides is 13. The van der Waals surface area contributed by atoms with Crippen molar-refractivity contribution in [3.05, 3.63) is 173 Å².